The second-order valence-corrected chi connectivity index (χ2v) is 3.69. The molecule has 0 atom stereocenters. The molecule has 4 heteroatoms. The molecule has 0 aromatic carbocycles. The van der Waals surface area contributed by atoms with Crippen molar-refractivity contribution in [1.29, 1.82) is 0 Å². The van der Waals surface area contributed by atoms with E-state index in [9.17, 15) is 0 Å². The third-order valence-corrected chi connectivity index (χ3v) is 2.15. The van der Waals surface area contributed by atoms with Crippen LogP contribution < -0.4 is 5.73 Å². The molecule has 0 aliphatic rings. The van der Waals surface area contributed by atoms with E-state index in [-0.39, 0.29) is 1.43 Å². The van der Waals surface area contributed by atoms with Gasteiger partial charge in [-0.05, 0) is 6.42 Å². The zero-order chi connectivity index (χ0) is 13.9. The summed E-state index contributed by atoms with van der Waals surface area (Å²) in [5.41, 5.74) is 5.27. The van der Waals surface area contributed by atoms with Crippen LogP contribution in [-0.4, -0.2) is 46.2 Å². The SMILES string of the molecule is CC.CCCCCCOCCOCCOCCN.[HH]. The lowest BCUT2D eigenvalue weighted by atomic mass is 10.2. The summed E-state index contributed by atoms with van der Waals surface area (Å²) >= 11 is 0. The fourth-order valence-electron chi connectivity index (χ4n) is 1.26. The molecule has 0 heterocycles. The molecule has 0 rings (SSSR count). The highest BCUT2D eigenvalue weighted by Crippen LogP contribution is 1.98. The molecule has 4 nitrogen and oxygen atoms in total. The monoisotopic (exact) mass is 265 g/mol. The summed E-state index contributed by atoms with van der Waals surface area (Å²) in [5.74, 6) is 0. The molecule has 2 N–H and O–H groups in total. The highest BCUT2D eigenvalue weighted by molar-refractivity contribution is 4.40. The average molecular weight is 265 g/mol. The van der Waals surface area contributed by atoms with Crippen LogP contribution in [0.4, 0.5) is 0 Å². The van der Waals surface area contributed by atoms with Crippen molar-refractivity contribution < 1.29 is 15.6 Å². The molecule has 0 aromatic rings. The van der Waals surface area contributed by atoms with Gasteiger partial charge in [0.2, 0.25) is 0 Å². The molecule has 0 fully saturated rings. The van der Waals surface area contributed by atoms with Gasteiger partial charge in [-0.25, -0.2) is 0 Å². The van der Waals surface area contributed by atoms with Crippen molar-refractivity contribution in [1.82, 2.24) is 0 Å². The number of rotatable bonds is 13. The van der Waals surface area contributed by atoms with E-state index in [4.69, 9.17) is 19.9 Å². The second kappa shape index (κ2) is 22.1. The van der Waals surface area contributed by atoms with Crippen LogP contribution in [0.2, 0.25) is 0 Å². The van der Waals surface area contributed by atoms with Crippen LogP contribution in [0.15, 0.2) is 0 Å². The topological polar surface area (TPSA) is 53.7 Å². The fraction of sp³-hybridized carbons (Fsp3) is 1.00. The fourth-order valence-corrected chi connectivity index (χ4v) is 1.26. The Balaban J connectivity index is -0.000000809. The van der Waals surface area contributed by atoms with E-state index >= 15 is 0 Å². The van der Waals surface area contributed by atoms with Crippen LogP contribution in [0.5, 0.6) is 0 Å². The van der Waals surface area contributed by atoms with Crippen LogP contribution in [0.1, 0.15) is 47.9 Å². The highest BCUT2D eigenvalue weighted by atomic mass is 16.5. The molecule has 0 aliphatic heterocycles. The number of nitrogens with two attached hydrogens (primary N) is 1. The van der Waals surface area contributed by atoms with E-state index in [2.05, 4.69) is 6.92 Å². The molecule has 0 aliphatic carbocycles. The minimum absolute atomic E-state index is 0. The van der Waals surface area contributed by atoms with Gasteiger partial charge in [0, 0.05) is 14.6 Å². The molecule has 18 heavy (non-hydrogen) atoms. The summed E-state index contributed by atoms with van der Waals surface area (Å²) in [4.78, 5) is 0. The van der Waals surface area contributed by atoms with Crippen molar-refractivity contribution in [2.75, 3.05) is 46.2 Å². The third kappa shape index (κ3) is 21.2. The standard InChI is InChI=1S/C12H27NO3.C2H6.H2/c1-2-3-4-5-7-14-9-11-16-12-10-15-8-6-13;1-2;/h2-13H2,1H3;1-2H3;1H. The van der Waals surface area contributed by atoms with Crippen LogP contribution in [0.25, 0.3) is 0 Å². The lowest BCUT2D eigenvalue weighted by Gasteiger charge is -2.06. The summed E-state index contributed by atoms with van der Waals surface area (Å²) in [5, 5.41) is 0. The molecule has 0 amide bonds. The van der Waals surface area contributed by atoms with Gasteiger partial charge < -0.3 is 19.9 Å². The van der Waals surface area contributed by atoms with Gasteiger partial charge in [0.05, 0.1) is 33.0 Å². The lowest BCUT2D eigenvalue weighted by Crippen LogP contribution is -2.13. The summed E-state index contributed by atoms with van der Waals surface area (Å²) < 4.78 is 15.9. The maximum absolute atomic E-state index is 5.42. The Morgan fingerprint density at radius 2 is 1.22 bits per heavy atom. The number of ether oxygens (including phenoxy) is 3. The van der Waals surface area contributed by atoms with E-state index in [1.165, 1.54) is 19.3 Å². The molecule has 0 saturated carbocycles. The molecule has 114 valence electrons. The zero-order valence-corrected chi connectivity index (χ0v) is 12.6. The Kier molecular flexibility index (Phi) is 24.7. The predicted octanol–water partition coefficient (Wildman–Crippen LogP) is 2.85. The van der Waals surface area contributed by atoms with Crippen molar-refractivity contribution in [3.8, 4) is 0 Å². The molecular weight excluding hydrogens is 230 g/mol. The molecule has 0 bridgehead atoms. The molecule has 0 unspecified atom stereocenters. The average Bonchev–Trinajstić information content (AvgIpc) is 2.42. The van der Waals surface area contributed by atoms with Crippen LogP contribution >= 0.6 is 0 Å². The van der Waals surface area contributed by atoms with E-state index in [0.29, 0.717) is 39.6 Å². The van der Waals surface area contributed by atoms with Gasteiger partial charge in [-0.1, -0.05) is 40.0 Å². The van der Waals surface area contributed by atoms with E-state index in [0.717, 1.165) is 13.0 Å². The van der Waals surface area contributed by atoms with Gasteiger partial charge in [0.25, 0.3) is 0 Å². The quantitative estimate of drug-likeness (QED) is 0.520. The van der Waals surface area contributed by atoms with Gasteiger partial charge in [-0.3, -0.25) is 0 Å². The van der Waals surface area contributed by atoms with Crippen molar-refractivity contribution in [3.63, 3.8) is 0 Å². The zero-order valence-electron chi connectivity index (χ0n) is 12.6. The first kappa shape index (κ1) is 20.2. The maximum Gasteiger partial charge on any atom is 0.0701 e. The Morgan fingerprint density at radius 3 is 1.72 bits per heavy atom. The van der Waals surface area contributed by atoms with Gasteiger partial charge >= 0.3 is 0 Å². The Morgan fingerprint density at radius 1 is 0.722 bits per heavy atom. The third-order valence-electron chi connectivity index (χ3n) is 2.15. The first-order chi connectivity index (χ1) is 8.91. The largest absolute Gasteiger partial charge is 0.379 e. The smallest absolute Gasteiger partial charge is 0.0701 e. The van der Waals surface area contributed by atoms with E-state index in [1.807, 2.05) is 13.8 Å². The number of hydrogen-bond donors (Lipinski definition) is 1. The summed E-state index contributed by atoms with van der Waals surface area (Å²) in [7, 11) is 0. The normalized spacial score (nSPS) is 10.0. The van der Waals surface area contributed by atoms with Gasteiger partial charge in [-0.2, -0.15) is 0 Å². The first-order valence-electron chi connectivity index (χ1n) is 7.35. The van der Waals surface area contributed by atoms with Crippen LogP contribution in [-0.2, 0) is 14.2 Å². The highest BCUT2D eigenvalue weighted by Gasteiger charge is 1.91. The second-order valence-electron chi connectivity index (χ2n) is 3.69. The van der Waals surface area contributed by atoms with Crippen molar-refractivity contribution in [2.45, 2.75) is 46.5 Å². The Hall–Kier alpha value is -0.160. The van der Waals surface area contributed by atoms with Crippen LogP contribution in [0.3, 0.4) is 0 Å². The van der Waals surface area contributed by atoms with Crippen molar-refractivity contribution >= 4 is 0 Å². The maximum atomic E-state index is 5.42. The summed E-state index contributed by atoms with van der Waals surface area (Å²) in [6, 6.07) is 0. The first-order valence-corrected chi connectivity index (χ1v) is 7.35. The van der Waals surface area contributed by atoms with Crippen molar-refractivity contribution in [3.05, 3.63) is 0 Å². The Labute approximate surface area is 115 Å². The molecule has 0 radical (unpaired) electrons. The van der Waals surface area contributed by atoms with Gasteiger partial charge in [-0.15, -0.1) is 0 Å². The molecular formula is C14H35NO3. The number of hydrogen-bond acceptors (Lipinski definition) is 4. The minimum Gasteiger partial charge on any atom is -0.379 e. The minimum atomic E-state index is 0. The van der Waals surface area contributed by atoms with E-state index in [1.54, 1.807) is 0 Å². The van der Waals surface area contributed by atoms with Crippen LogP contribution in [0, 0.1) is 0 Å². The Bertz CT molecular complexity index is 115. The molecule has 0 saturated heterocycles. The summed E-state index contributed by atoms with van der Waals surface area (Å²) in [6.45, 7) is 10.8. The lowest BCUT2D eigenvalue weighted by molar-refractivity contribution is 0.0153. The van der Waals surface area contributed by atoms with Crippen molar-refractivity contribution in [2.24, 2.45) is 5.73 Å². The number of unbranched alkanes of at least 4 members (excludes halogenated alkanes) is 3. The summed E-state index contributed by atoms with van der Waals surface area (Å²) in [6.07, 6.45) is 5.00. The molecule has 0 aromatic heterocycles. The van der Waals surface area contributed by atoms with E-state index < -0.39 is 0 Å². The van der Waals surface area contributed by atoms with Gasteiger partial charge in [0.1, 0.15) is 0 Å². The molecule has 0 spiro atoms. The predicted molar refractivity (Wildman–Crippen MR) is 79.1 cm³/mol. The van der Waals surface area contributed by atoms with Gasteiger partial charge in [0.15, 0.2) is 0 Å².